The highest BCUT2D eigenvalue weighted by atomic mass is 16.6. The van der Waals surface area contributed by atoms with E-state index in [2.05, 4.69) is 86.8 Å². The zero-order valence-electron chi connectivity index (χ0n) is 43.0. The Kier molecular flexibility index (Phi) is 53.4. The number of unbranched alkanes of at least 4 members (excludes halogenated alkanes) is 31. The van der Waals surface area contributed by atoms with Gasteiger partial charge in [-0.25, -0.2) is 0 Å². The van der Waals surface area contributed by atoms with Crippen LogP contribution in [0.3, 0.4) is 0 Å². The number of esters is 2. The quantitative estimate of drug-likeness (QED) is 0.0374. The second-order valence-electron chi connectivity index (χ2n) is 18.6. The smallest absolute Gasteiger partial charge is 0.306 e. The average molecular weight is 908 g/mol. The summed E-state index contributed by atoms with van der Waals surface area (Å²) in [6.07, 6.45) is 75.9. The van der Waals surface area contributed by atoms with Crippen LogP contribution >= 0.6 is 0 Å². The summed E-state index contributed by atoms with van der Waals surface area (Å²) >= 11 is 0. The summed E-state index contributed by atoms with van der Waals surface area (Å²) in [6.45, 7) is 4.05. The zero-order valence-corrected chi connectivity index (χ0v) is 43.0. The van der Waals surface area contributed by atoms with Gasteiger partial charge in [-0.2, -0.15) is 0 Å². The van der Waals surface area contributed by atoms with Gasteiger partial charge in [-0.15, -0.1) is 0 Å². The zero-order chi connectivity index (χ0) is 47.0. The molecule has 1 N–H and O–H groups in total. The molecule has 0 fully saturated rings. The molecule has 0 bridgehead atoms. The molecular formula is C60H106O5. The van der Waals surface area contributed by atoms with Crippen molar-refractivity contribution >= 4 is 11.9 Å². The molecule has 0 rings (SSSR count). The van der Waals surface area contributed by atoms with Gasteiger partial charge < -0.3 is 14.6 Å². The number of carbonyl (C=O) groups excluding carboxylic acids is 2. The molecule has 0 spiro atoms. The maximum atomic E-state index is 12.3. The van der Waals surface area contributed by atoms with Gasteiger partial charge in [-0.05, 0) is 64.2 Å². The number of hydrogen-bond acceptors (Lipinski definition) is 5. The highest BCUT2D eigenvalue weighted by Crippen LogP contribution is 2.17. The van der Waals surface area contributed by atoms with Crippen molar-refractivity contribution in [2.45, 2.75) is 283 Å². The molecule has 0 aromatic heterocycles. The van der Waals surface area contributed by atoms with Crippen LogP contribution in [-0.4, -0.2) is 36.4 Å². The van der Waals surface area contributed by atoms with Crippen LogP contribution in [0.2, 0.25) is 0 Å². The van der Waals surface area contributed by atoms with Gasteiger partial charge in [0.25, 0.3) is 0 Å². The number of aliphatic hydroxyl groups is 1. The normalized spacial score (nSPS) is 12.7. The molecule has 0 heterocycles. The van der Waals surface area contributed by atoms with Crippen molar-refractivity contribution in [3.05, 3.63) is 72.9 Å². The van der Waals surface area contributed by atoms with E-state index in [1.165, 1.54) is 173 Å². The van der Waals surface area contributed by atoms with Crippen LogP contribution in [0.25, 0.3) is 0 Å². The average Bonchev–Trinajstić information content (AvgIpc) is 3.31. The molecular weight excluding hydrogens is 801 g/mol. The van der Waals surface area contributed by atoms with Gasteiger partial charge in [0, 0.05) is 12.8 Å². The summed E-state index contributed by atoms with van der Waals surface area (Å²) in [7, 11) is 0. The van der Waals surface area contributed by atoms with Crippen LogP contribution in [0, 0.1) is 0 Å². The molecule has 0 saturated heterocycles. The Morgan fingerprint density at radius 1 is 0.369 bits per heavy atom. The molecule has 1 atom stereocenters. The summed E-state index contributed by atoms with van der Waals surface area (Å²) in [5.41, 5.74) is 0. The van der Waals surface area contributed by atoms with Gasteiger partial charge in [0.2, 0.25) is 0 Å². The lowest BCUT2D eigenvalue weighted by atomic mass is 10.0. The summed E-state index contributed by atoms with van der Waals surface area (Å²) in [6, 6.07) is 0. The molecule has 0 aromatic carbocycles. The second kappa shape index (κ2) is 55.7. The number of ether oxygens (including phenoxy) is 2. The standard InChI is InChI=1S/C60H106O5/c1-3-5-7-9-11-13-15-17-19-21-22-23-24-25-26-27-28-29-30-31-32-33-34-35-36-37-38-39-41-43-45-47-49-51-53-55-60(63)65-58(56-61)57-64-59(62)54-52-50-48-46-44-42-40-20-18-16-14-12-10-8-6-4-2/h5,7,11,13,17,19,22-23,25-26,28-29,58,61H,3-4,6,8-10,12,14-16,18,20-21,24,27,30-57H2,1-2H3/b7-5-,13-11-,19-17-,23-22-,26-25-,29-28-. The fourth-order valence-electron chi connectivity index (χ4n) is 8.09. The topological polar surface area (TPSA) is 72.8 Å². The number of aliphatic hydroxyl groups excluding tert-OH is 1. The minimum absolute atomic E-state index is 0.0627. The van der Waals surface area contributed by atoms with Gasteiger partial charge in [-0.1, -0.05) is 273 Å². The van der Waals surface area contributed by atoms with Crippen molar-refractivity contribution in [1.29, 1.82) is 0 Å². The van der Waals surface area contributed by atoms with Crippen LogP contribution in [0.15, 0.2) is 72.9 Å². The summed E-state index contributed by atoms with van der Waals surface area (Å²) in [5, 5.41) is 9.64. The lowest BCUT2D eigenvalue weighted by Crippen LogP contribution is -2.28. The van der Waals surface area contributed by atoms with Gasteiger partial charge in [-0.3, -0.25) is 9.59 Å². The third-order valence-electron chi connectivity index (χ3n) is 12.3. The second-order valence-corrected chi connectivity index (χ2v) is 18.6. The molecule has 0 amide bonds. The fourth-order valence-corrected chi connectivity index (χ4v) is 8.09. The molecule has 5 heteroatoms. The van der Waals surface area contributed by atoms with Crippen LogP contribution in [-0.2, 0) is 19.1 Å². The van der Waals surface area contributed by atoms with Crippen molar-refractivity contribution in [3.63, 3.8) is 0 Å². The molecule has 5 nitrogen and oxygen atoms in total. The van der Waals surface area contributed by atoms with E-state index in [-0.39, 0.29) is 25.2 Å². The Morgan fingerprint density at radius 3 is 1.00 bits per heavy atom. The highest BCUT2D eigenvalue weighted by Gasteiger charge is 2.16. The van der Waals surface area contributed by atoms with Crippen molar-refractivity contribution in [1.82, 2.24) is 0 Å². The van der Waals surface area contributed by atoms with Crippen LogP contribution in [0.1, 0.15) is 277 Å². The van der Waals surface area contributed by atoms with E-state index >= 15 is 0 Å². The van der Waals surface area contributed by atoms with Crippen molar-refractivity contribution < 1.29 is 24.2 Å². The molecule has 0 aliphatic carbocycles. The molecule has 376 valence electrons. The van der Waals surface area contributed by atoms with Crippen molar-refractivity contribution in [2.24, 2.45) is 0 Å². The van der Waals surface area contributed by atoms with E-state index in [9.17, 15) is 14.7 Å². The Morgan fingerprint density at radius 2 is 0.662 bits per heavy atom. The molecule has 1 unspecified atom stereocenters. The first-order valence-electron chi connectivity index (χ1n) is 28.0. The van der Waals surface area contributed by atoms with E-state index in [1.807, 2.05) is 0 Å². The molecule has 0 radical (unpaired) electrons. The Hall–Kier alpha value is -2.66. The van der Waals surface area contributed by atoms with Crippen LogP contribution in [0.4, 0.5) is 0 Å². The van der Waals surface area contributed by atoms with E-state index in [4.69, 9.17) is 9.47 Å². The molecule has 0 aliphatic heterocycles. The number of rotatable bonds is 51. The first-order chi connectivity index (χ1) is 32.1. The third kappa shape index (κ3) is 53.8. The SMILES string of the molecule is CC/C=C\C/C=C\C/C=C\C/C=C\C/C=C\C/C=C\CCCCCCCCCCCCCCCCCCC(=O)OC(CO)COC(=O)CCCCCCCCCCCCCCCCCC. The van der Waals surface area contributed by atoms with Crippen molar-refractivity contribution in [2.75, 3.05) is 13.2 Å². The Labute approximate surface area is 403 Å². The lowest BCUT2D eigenvalue weighted by molar-refractivity contribution is -0.161. The predicted octanol–water partition coefficient (Wildman–Crippen LogP) is 18.8. The summed E-state index contributed by atoms with van der Waals surface area (Å²) in [4.78, 5) is 24.5. The molecule has 0 saturated carbocycles. The molecule has 0 aromatic rings. The minimum Gasteiger partial charge on any atom is -0.462 e. The van der Waals surface area contributed by atoms with Gasteiger partial charge in [0.1, 0.15) is 6.61 Å². The van der Waals surface area contributed by atoms with Crippen LogP contribution in [0.5, 0.6) is 0 Å². The number of carbonyl (C=O) groups is 2. The minimum atomic E-state index is -0.771. The molecule has 0 aliphatic rings. The third-order valence-corrected chi connectivity index (χ3v) is 12.3. The Bertz CT molecular complexity index is 1160. The van der Waals surface area contributed by atoms with Crippen molar-refractivity contribution in [3.8, 4) is 0 Å². The van der Waals surface area contributed by atoms with E-state index in [0.717, 1.165) is 77.0 Å². The van der Waals surface area contributed by atoms with Gasteiger partial charge in [0.05, 0.1) is 6.61 Å². The number of allylic oxidation sites excluding steroid dienone is 12. The van der Waals surface area contributed by atoms with Gasteiger partial charge in [0.15, 0.2) is 6.10 Å². The number of hydrogen-bond donors (Lipinski definition) is 1. The summed E-state index contributed by atoms with van der Waals surface area (Å²) in [5.74, 6) is -0.579. The summed E-state index contributed by atoms with van der Waals surface area (Å²) < 4.78 is 10.7. The lowest BCUT2D eigenvalue weighted by Gasteiger charge is -2.15. The first-order valence-corrected chi connectivity index (χ1v) is 28.0. The van der Waals surface area contributed by atoms with E-state index in [1.54, 1.807) is 0 Å². The first kappa shape index (κ1) is 62.3. The predicted molar refractivity (Wildman–Crippen MR) is 283 cm³/mol. The fraction of sp³-hybridized carbons (Fsp3) is 0.767. The highest BCUT2D eigenvalue weighted by molar-refractivity contribution is 5.70. The van der Waals surface area contributed by atoms with E-state index in [0.29, 0.717) is 12.8 Å². The van der Waals surface area contributed by atoms with Crippen LogP contribution < -0.4 is 0 Å². The van der Waals surface area contributed by atoms with Gasteiger partial charge >= 0.3 is 11.9 Å². The maximum Gasteiger partial charge on any atom is 0.306 e. The van der Waals surface area contributed by atoms with E-state index < -0.39 is 6.10 Å². The largest absolute Gasteiger partial charge is 0.462 e. The monoisotopic (exact) mass is 907 g/mol. The maximum absolute atomic E-state index is 12.3. The molecule has 65 heavy (non-hydrogen) atoms. The Balaban J connectivity index is 3.46.